The van der Waals surface area contributed by atoms with Crippen LogP contribution in [-0.2, 0) is 4.74 Å². The molecule has 0 radical (unpaired) electrons. The highest BCUT2D eigenvalue weighted by molar-refractivity contribution is 6.21. The van der Waals surface area contributed by atoms with Crippen molar-refractivity contribution in [1.29, 1.82) is 5.26 Å². The molecule has 1 aromatic carbocycles. The summed E-state index contributed by atoms with van der Waals surface area (Å²) in [5.41, 5.74) is 3.33. The van der Waals surface area contributed by atoms with Gasteiger partial charge < -0.3 is 14.6 Å². The van der Waals surface area contributed by atoms with Crippen LogP contribution >= 0.6 is 0 Å². The average Bonchev–Trinajstić information content (AvgIpc) is 3.23. The molecule has 4 aromatic rings. The van der Waals surface area contributed by atoms with E-state index in [0.717, 1.165) is 16.3 Å². The highest BCUT2D eigenvalue weighted by Gasteiger charge is 2.26. The summed E-state index contributed by atoms with van der Waals surface area (Å²) in [6.45, 7) is 3.78. The van der Waals surface area contributed by atoms with Crippen molar-refractivity contribution in [3.8, 4) is 6.07 Å². The van der Waals surface area contributed by atoms with E-state index in [9.17, 15) is 10.1 Å². The van der Waals surface area contributed by atoms with Crippen molar-refractivity contribution in [3.05, 3.63) is 41.1 Å². The third-order valence-corrected chi connectivity index (χ3v) is 4.68. The second-order valence-electron chi connectivity index (χ2n) is 6.88. The lowest BCUT2D eigenvalue weighted by Crippen LogP contribution is -2.08. The van der Waals surface area contributed by atoms with E-state index in [2.05, 4.69) is 21.1 Å². The van der Waals surface area contributed by atoms with Crippen LogP contribution < -0.4 is 0 Å². The van der Waals surface area contributed by atoms with Crippen LogP contribution in [0.1, 0.15) is 28.5 Å². The van der Waals surface area contributed by atoms with Crippen molar-refractivity contribution in [1.82, 2.24) is 19.5 Å². The number of esters is 1. The fourth-order valence-electron chi connectivity index (χ4n) is 3.55. The van der Waals surface area contributed by atoms with Crippen molar-refractivity contribution in [2.24, 2.45) is 4.99 Å². The molecule has 3 heterocycles. The Kier molecular flexibility index (Phi) is 4.43. The highest BCUT2D eigenvalue weighted by atomic mass is 16.5. The average molecular weight is 388 g/mol. The molecule has 0 saturated carbocycles. The number of carbonyl (C=O) groups is 1. The number of rotatable bonds is 4. The summed E-state index contributed by atoms with van der Waals surface area (Å²) in [6.07, 6.45) is 1.60. The first-order valence-electron chi connectivity index (χ1n) is 9.21. The molecule has 29 heavy (non-hydrogen) atoms. The SMILES string of the molecule is CCOC(=O)c1c(C)nn2c(/N=C/N(C)C)c(C#N)c3[nH]c4ccccc4c3c12. The van der Waals surface area contributed by atoms with E-state index in [0.29, 0.717) is 33.7 Å². The van der Waals surface area contributed by atoms with E-state index in [1.807, 2.05) is 38.4 Å². The fraction of sp³-hybridized carbons (Fsp3) is 0.238. The molecule has 0 spiro atoms. The van der Waals surface area contributed by atoms with Gasteiger partial charge in [-0.15, -0.1) is 0 Å². The molecule has 0 aliphatic rings. The minimum atomic E-state index is -0.446. The summed E-state index contributed by atoms with van der Waals surface area (Å²) in [4.78, 5) is 22.4. The first-order valence-corrected chi connectivity index (χ1v) is 9.21. The van der Waals surface area contributed by atoms with Crippen LogP contribution in [0.2, 0.25) is 0 Å². The third-order valence-electron chi connectivity index (χ3n) is 4.68. The highest BCUT2D eigenvalue weighted by Crippen LogP contribution is 2.38. The number of aliphatic imine (C=N–C) groups is 1. The number of aryl methyl sites for hydroxylation is 1. The van der Waals surface area contributed by atoms with Crippen LogP contribution in [0.4, 0.5) is 5.82 Å². The zero-order valence-electron chi connectivity index (χ0n) is 16.6. The van der Waals surface area contributed by atoms with Gasteiger partial charge in [0.1, 0.15) is 17.2 Å². The number of nitrogens with zero attached hydrogens (tertiary/aromatic N) is 5. The minimum absolute atomic E-state index is 0.258. The molecule has 0 fully saturated rings. The summed E-state index contributed by atoms with van der Waals surface area (Å²) >= 11 is 0. The zero-order valence-corrected chi connectivity index (χ0v) is 16.6. The van der Waals surface area contributed by atoms with Crippen molar-refractivity contribution in [2.75, 3.05) is 20.7 Å². The van der Waals surface area contributed by atoms with Crippen molar-refractivity contribution in [3.63, 3.8) is 0 Å². The number of hydrogen-bond donors (Lipinski definition) is 1. The summed E-state index contributed by atoms with van der Waals surface area (Å²) in [7, 11) is 3.68. The largest absolute Gasteiger partial charge is 0.462 e. The quantitative estimate of drug-likeness (QED) is 0.327. The summed E-state index contributed by atoms with van der Waals surface area (Å²) < 4.78 is 6.87. The van der Waals surface area contributed by atoms with Crippen molar-refractivity contribution >= 4 is 45.4 Å². The molecule has 8 nitrogen and oxygen atoms in total. The Labute approximate surface area is 167 Å². The number of hydrogen-bond acceptors (Lipinski definition) is 5. The predicted molar refractivity (Wildman–Crippen MR) is 112 cm³/mol. The lowest BCUT2D eigenvalue weighted by atomic mass is 10.1. The van der Waals surface area contributed by atoms with Crippen LogP contribution in [0.15, 0.2) is 29.3 Å². The number of para-hydroxylation sites is 1. The van der Waals surface area contributed by atoms with E-state index in [1.165, 1.54) is 0 Å². The van der Waals surface area contributed by atoms with Gasteiger partial charge in [0.25, 0.3) is 0 Å². The number of aromatic amines is 1. The standard InChI is InChI=1S/C21H20N6O2/c1-5-29-21(28)16-12(2)25-27-19(16)17-13-8-6-7-9-15(13)24-18(17)14(10-22)20(27)23-11-26(3)4/h6-9,11,24H,5H2,1-4H3/b23-11+. The molecule has 3 aromatic heterocycles. The number of aromatic nitrogens is 3. The zero-order chi connectivity index (χ0) is 20.7. The van der Waals surface area contributed by atoms with Crippen LogP contribution in [0.3, 0.4) is 0 Å². The number of benzene rings is 1. The molecular formula is C21H20N6O2. The molecule has 4 rings (SSSR count). The number of nitriles is 1. The van der Waals surface area contributed by atoms with Crippen LogP contribution in [0.25, 0.3) is 27.3 Å². The number of ether oxygens (including phenoxy) is 1. The topological polar surface area (TPSA) is 98.8 Å². The second kappa shape index (κ2) is 6.95. The van der Waals surface area contributed by atoms with Crippen LogP contribution in [-0.4, -0.2) is 52.5 Å². The van der Waals surface area contributed by atoms with E-state index in [1.54, 1.807) is 29.6 Å². The first kappa shape index (κ1) is 18.5. The van der Waals surface area contributed by atoms with Crippen molar-refractivity contribution in [2.45, 2.75) is 13.8 Å². The van der Waals surface area contributed by atoms with E-state index in [-0.39, 0.29) is 6.61 Å². The van der Waals surface area contributed by atoms with E-state index < -0.39 is 5.97 Å². The Bertz CT molecular complexity index is 1340. The Balaban J connectivity index is 2.27. The molecule has 0 amide bonds. The number of nitrogens with one attached hydrogen (secondary N) is 1. The monoisotopic (exact) mass is 388 g/mol. The van der Waals surface area contributed by atoms with Gasteiger partial charge in [-0.3, -0.25) is 0 Å². The molecular weight excluding hydrogens is 368 g/mol. The maximum atomic E-state index is 12.8. The van der Waals surface area contributed by atoms with Gasteiger partial charge in [-0.05, 0) is 19.9 Å². The molecule has 0 atom stereocenters. The smallest absolute Gasteiger partial charge is 0.342 e. The second-order valence-corrected chi connectivity index (χ2v) is 6.88. The number of H-pyrrole nitrogens is 1. The molecule has 0 unspecified atom stereocenters. The molecule has 146 valence electrons. The Morgan fingerprint density at radius 1 is 1.41 bits per heavy atom. The maximum absolute atomic E-state index is 12.8. The third kappa shape index (κ3) is 2.79. The van der Waals surface area contributed by atoms with E-state index in [4.69, 9.17) is 4.74 Å². The van der Waals surface area contributed by atoms with Crippen molar-refractivity contribution < 1.29 is 9.53 Å². The lowest BCUT2D eigenvalue weighted by molar-refractivity contribution is 0.0528. The fourth-order valence-corrected chi connectivity index (χ4v) is 3.55. The summed E-state index contributed by atoms with van der Waals surface area (Å²) in [5, 5.41) is 16.2. The van der Waals surface area contributed by atoms with Gasteiger partial charge in [-0.25, -0.2) is 14.3 Å². The molecule has 0 bridgehead atoms. The Hall–Kier alpha value is -3.86. The molecule has 0 aliphatic heterocycles. The van der Waals surface area contributed by atoms with Crippen LogP contribution in [0.5, 0.6) is 0 Å². The van der Waals surface area contributed by atoms with Gasteiger partial charge in [0.15, 0.2) is 5.82 Å². The van der Waals surface area contributed by atoms with Crippen LogP contribution in [0, 0.1) is 18.3 Å². The van der Waals surface area contributed by atoms with E-state index >= 15 is 0 Å². The van der Waals surface area contributed by atoms with Gasteiger partial charge in [-0.2, -0.15) is 10.4 Å². The Morgan fingerprint density at radius 3 is 2.86 bits per heavy atom. The normalized spacial score (nSPS) is 11.6. The summed E-state index contributed by atoms with van der Waals surface area (Å²) in [6, 6.07) is 9.98. The molecule has 8 heteroatoms. The number of carbonyl (C=O) groups excluding carboxylic acids is 1. The molecule has 0 saturated heterocycles. The maximum Gasteiger partial charge on any atom is 0.342 e. The molecule has 1 N–H and O–H groups in total. The van der Waals surface area contributed by atoms with Gasteiger partial charge >= 0.3 is 5.97 Å². The van der Waals surface area contributed by atoms with Gasteiger partial charge in [0.2, 0.25) is 0 Å². The van der Waals surface area contributed by atoms with Gasteiger partial charge in [0.05, 0.1) is 29.7 Å². The Morgan fingerprint density at radius 2 is 2.17 bits per heavy atom. The number of fused-ring (bicyclic) bond motifs is 5. The molecule has 0 aliphatic carbocycles. The lowest BCUT2D eigenvalue weighted by Gasteiger charge is -2.08. The first-order chi connectivity index (χ1) is 14.0. The minimum Gasteiger partial charge on any atom is -0.462 e. The van der Waals surface area contributed by atoms with Gasteiger partial charge in [0, 0.05) is 30.4 Å². The predicted octanol–water partition coefficient (Wildman–Crippen LogP) is 3.55. The summed E-state index contributed by atoms with van der Waals surface area (Å²) in [5.74, 6) is -0.0901. The van der Waals surface area contributed by atoms with Gasteiger partial charge in [-0.1, -0.05) is 18.2 Å². The number of pyridine rings is 1.